The maximum Gasteiger partial charge on any atom is 0.192 e. The Balaban J connectivity index is 1.37. The standard InChI is InChI=1S/C29H46O2Si/c1-19-25-17-26-24(23(25)12-15-29(19)14-10-21(30)18-29)9-8-20-16-22(11-13-28(20,26)5)31-32(6,7)27(2,3)4/h8,22-24,26H,9-18H2,1-7H3/t22-,23-,24-,26-,28-,29-/m0/s1. The highest BCUT2D eigenvalue weighted by molar-refractivity contribution is 6.74. The van der Waals surface area contributed by atoms with Crippen LogP contribution in [-0.4, -0.2) is 20.2 Å². The lowest BCUT2D eigenvalue weighted by Gasteiger charge is -2.51. The highest BCUT2D eigenvalue weighted by Crippen LogP contribution is 2.65. The number of rotatable bonds is 2. The molecule has 5 aliphatic rings. The van der Waals surface area contributed by atoms with E-state index in [4.69, 9.17) is 4.43 Å². The van der Waals surface area contributed by atoms with Crippen LogP contribution in [0.1, 0.15) is 98.8 Å². The van der Waals surface area contributed by atoms with E-state index in [1.165, 1.54) is 38.5 Å². The smallest absolute Gasteiger partial charge is 0.192 e. The molecule has 5 rings (SSSR count). The summed E-state index contributed by atoms with van der Waals surface area (Å²) in [5, 5.41) is 0.280. The summed E-state index contributed by atoms with van der Waals surface area (Å²) in [6.45, 7) is 16.9. The Bertz CT molecular complexity index is 874. The van der Waals surface area contributed by atoms with Crippen LogP contribution in [0.4, 0.5) is 0 Å². The van der Waals surface area contributed by atoms with Crippen molar-refractivity contribution < 1.29 is 9.22 Å². The molecular weight excluding hydrogens is 408 g/mol. The van der Waals surface area contributed by atoms with Gasteiger partial charge in [-0.05, 0) is 105 Å². The lowest BCUT2D eigenvalue weighted by atomic mass is 9.56. The van der Waals surface area contributed by atoms with Crippen molar-refractivity contribution >= 4 is 14.1 Å². The fourth-order valence-electron chi connectivity index (χ4n) is 8.26. The van der Waals surface area contributed by atoms with Gasteiger partial charge in [-0.25, -0.2) is 0 Å². The first-order valence-corrected chi connectivity index (χ1v) is 16.4. The first-order chi connectivity index (χ1) is 14.9. The molecule has 3 saturated carbocycles. The maximum atomic E-state index is 12.2. The molecule has 0 amide bonds. The summed E-state index contributed by atoms with van der Waals surface area (Å²) < 4.78 is 6.89. The number of carbonyl (C=O) groups is 1. The quantitative estimate of drug-likeness (QED) is 0.312. The average Bonchev–Trinajstić information content (AvgIpc) is 3.27. The predicted octanol–water partition coefficient (Wildman–Crippen LogP) is 8.00. The lowest BCUT2D eigenvalue weighted by Crippen LogP contribution is -2.47. The fourth-order valence-corrected chi connectivity index (χ4v) is 9.65. The van der Waals surface area contributed by atoms with Gasteiger partial charge in [-0.2, -0.15) is 0 Å². The number of fused-ring (bicyclic) bond motifs is 5. The van der Waals surface area contributed by atoms with Gasteiger partial charge in [0.15, 0.2) is 8.32 Å². The van der Waals surface area contributed by atoms with E-state index in [0.29, 0.717) is 17.3 Å². The third-order valence-electron chi connectivity index (χ3n) is 11.4. The minimum atomic E-state index is -1.72. The van der Waals surface area contributed by atoms with Gasteiger partial charge in [-0.1, -0.05) is 50.5 Å². The van der Waals surface area contributed by atoms with E-state index in [1.54, 1.807) is 16.7 Å². The van der Waals surface area contributed by atoms with Gasteiger partial charge in [0.1, 0.15) is 5.78 Å². The molecule has 3 heteroatoms. The summed E-state index contributed by atoms with van der Waals surface area (Å²) in [6, 6.07) is 0. The van der Waals surface area contributed by atoms with Gasteiger partial charge in [-0.15, -0.1) is 0 Å². The van der Waals surface area contributed by atoms with Crippen molar-refractivity contribution in [3.63, 3.8) is 0 Å². The first-order valence-electron chi connectivity index (χ1n) is 13.5. The van der Waals surface area contributed by atoms with Crippen LogP contribution in [0.2, 0.25) is 18.1 Å². The number of Topliss-reactive ketones (excluding diaryl/α,β-unsaturated/α-hetero) is 1. The van der Waals surface area contributed by atoms with Gasteiger partial charge in [0.2, 0.25) is 0 Å². The number of hydrogen-bond donors (Lipinski definition) is 0. The monoisotopic (exact) mass is 454 g/mol. The van der Waals surface area contributed by atoms with Crippen LogP contribution in [0.15, 0.2) is 22.8 Å². The van der Waals surface area contributed by atoms with Crippen LogP contribution < -0.4 is 0 Å². The zero-order chi connectivity index (χ0) is 23.1. The number of ketones is 1. The van der Waals surface area contributed by atoms with E-state index in [0.717, 1.165) is 43.4 Å². The second-order valence-corrected chi connectivity index (χ2v) is 18.6. The summed E-state index contributed by atoms with van der Waals surface area (Å²) in [6.07, 6.45) is 14.7. The third kappa shape index (κ3) is 3.39. The highest BCUT2D eigenvalue weighted by Gasteiger charge is 2.56. The van der Waals surface area contributed by atoms with Crippen molar-refractivity contribution in [2.75, 3.05) is 0 Å². The third-order valence-corrected chi connectivity index (χ3v) is 16.0. The SMILES string of the molecule is CC1=C2C[C@H]3[C@@H](CC=C4C[C@@H](O[Si](C)(C)C(C)(C)C)CC[C@@]43C)[C@@H]2CC[C@]12CCC(=O)C2. The minimum absolute atomic E-state index is 0.238. The molecule has 5 aliphatic carbocycles. The van der Waals surface area contributed by atoms with Crippen molar-refractivity contribution in [2.45, 2.75) is 123 Å². The van der Waals surface area contributed by atoms with Gasteiger partial charge < -0.3 is 4.43 Å². The molecular formula is C29H46O2Si. The van der Waals surface area contributed by atoms with Crippen molar-refractivity contribution in [1.29, 1.82) is 0 Å². The van der Waals surface area contributed by atoms with Crippen LogP contribution >= 0.6 is 0 Å². The number of carbonyl (C=O) groups excluding carboxylic acids is 1. The molecule has 0 radical (unpaired) electrons. The minimum Gasteiger partial charge on any atom is -0.414 e. The van der Waals surface area contributed by atoms with Gasteiger partial charge in [0.05, 0.1) is 0 Å². The molecule has 0 N–H and O–H groups in total. The Morgan fingerprint density at radius 2 is 1.84 bits per heavy atom. The van der Waals surface area contributed by atoms with E-state index in [9.17, 15) is 4.79 Å². The Morgan fingerprint density at radius 3 is 2.50 bits per heavy atom. The first kappa shape index (κ1) is 23.1. The summed E-state index contributed by atoms with van der Waals surface area (Å²) in [4.78, 5) is 12.2. The Labute approximate surface area is 197 Å². The molecule has 3 fully saturated rings. The van der Waals surface area contributed by atoms with Crippen molar-refractivity contribution in [2.24, 2.45) is 28.6 Å². The Kier molecular flexibility index (Phi) is 5.35. The van der Waals surface area contributed by atoms with E-state index >= 15 is 0 Å². The van der Waals surface area contributed by atoms with Crippen LogP contribution in [0.3, 0.4) is 0 Å². The normalized spacial score (nSPS) is 42.1. The number of hydrogen-bond acceptors (Lipinski definition) is 2. The molecule has 178 valence electrons. The van der Waals surface area contributed by atoms with Gasteiger partial charge >= 0.3 is 0 Å². The molecule has 0 unspecified atom stereocenters. The van der Waals surface area contributed by atoms with E-state index in [-0.39, 0.29) is 10.5 Å². The van der Waals surface area contributed by atoms with E-state index in [1.807, 2.05) is 0 Å². The topological polar surface area (TPSA) is 26.3 Å². The number of allylic oxidation sites excluding steroid dienone is 3. The maximum absolute atomic E-state index is 12.2. The molecule has 0 bridgehead atoms. The second kappa shape index (κ2) is 7.41. The van der Waals surface area contributed by atoms with Crippen molar-refractivity contribution in [3.05, 3.63) is 22.8 Å². The van der Waals surface area contributed by atoms with E-state index in [2.05, 4.69) is 53.8 Å². The van der Waals surface area contributed by atoms with Gasteiger partial charge in [0.25, 0.3) is 0 Å². The van der Waals surface area contributed by atoms with Crippen LogP contribution in [0, 0.1) is 28.6 Å². The Morgan fingerprint density at radius 1 is 1.09 bits per heavy atom. The summed E-state index contributed by atoms with van der Waals surface area (Å²) in [5.41, 5.74) is 5.75. The summed E-state index contributed by atoms with van der Waals surface area (Å²) in [7, 11) is -1.72. The zero-order valence-electron chi connectivity index (χ0n) is 21.8. The van der Waals surface area contributed by atoms with Crippen molar-refractivity contribution in [1.82, 2.24) is 0 Å². The molecule has 6 atom stereocenters. The van der Waals surface area contributed by atoms with Gasteiger partial charge in [-0.3, -0.25) is 4.79 Å². The van der Waals surface area contributed by atoms with Crippen LogP contribution in [-0.2, 0) is 9.22 Å². The molecule has 0 aromatic carbocycles. The molecule has 0 saturated heterocycles. The largest absolute Gasteiger partial charge is 0.414 e. The molecule has 32 heavy (non-hydrogen) atoms. The molecule has 0 heterocycles. The molecule has 2 nitrogen and oxygen atoms in total. The second-order valence-electron chi connectivity index (χ2n) is 13.9. The average molecular weight is 455 g/mol. The van der Waals surface area contributed by atoms with Crippen LogP contribution in [0.5, 0.6) is 0 Å². The zero-order valence-corrected chi connectivity index (χ0v) is 22.8. The summed E-state index contributed by atoms with van der Waals surface area (Å²) >= 11 is 0. The van der Waals surface area contributed by atoms with Crippen molar-refractivity contribution in [3.8, 4) is 0 Å². The fraction of sp³-hybridized carbons (Fsp3) is 0.828. The lowest BCUT2D eigenvalue weighted by molar-refractivity contribution is -0.117. The predicted molar refractivity (Wildman–Crippen MR) is 135 cm³/mol. The Hall–Kier alpha value is -0.673. The molecule has 0 aromatic rings. The molecule has 1 spiro atoms. The highest BCUT2D eigenvalue weighted by atomic mass is 28.4. The summed E-state index contributed by atoms with van der Waals surface area (Å²) in [5.74, 6) is 2.94. The molecule has 0 aliphatic heterocycles. The van der Waals surface area contributed by atoms with Gasteiger partial charge in [0, 0.05) is 18.9 Å². The van der Waals surface area contributed by atoms with Crippen LogP contribution in [0.25, 0.3) is 0 Å². The van der Waals surface area contributed by atoms with E-state index < -0.39 is 8.32 Å². The molecule has 0 aromatic heterocycles.